The molecule has 1 aromatic rings. The Bertz CT molecular complexity index is 280. The molecule has 15 heavy (non-hydrogen) atoms. The number of rotatable bonds is 7. The summed E-state index contributed by atoms with van der Waals surface area (Å²) in [7, 11) is 0. The lowest BCUT2D eigenvalue weighted by atomic mass is 10.2. The third-order valence-corrected chi connectivity index (χ3v) is 2.34. The standard InChI is InChI=1S/C12H19NO2/c1-3-6-11(14)9-13(4-2)10-12-7-5-8-15-12/h5,7-8H,3-4,6,9-10H2,1-2H3. The van der Waals surface area contributed by atoms with Crippen molar-refractivity contribution in [2.24, 2.45) is 0 Å². The first-order chi connectivity index (χ1) is 7.26. The van der Waals surface area contributed by atoms with Gasteiger partial charge in [0.1, 0.15) is 11.5 Å². The molecule has 0 bridgehead atoms. The van der Waals surface area contributed by atoms with Crippen LogP contribution in [0.15, 0.2) is 22.8 Å². The molecule has 3 nitrogen and oxygen atoms in total. The summed E-state index contributed by atoms with van der Waals surface area (Å²) in [4.78, 5) is 13.6. The van der Waals surface area contributed by atoms with Crippen LogP contribution in [0.4, 0.5) is 0 Å². The first kappa shape index (κ1) is 12.0. The van der Waals surface area contributed by atoms with Gasteiger partial charge >= 0.3 is 0 Å². The van der Waals surface area contributed by atoms with Crippen LogP contribution in [-0.2, 0) is 11.3 Å². The molecular weight excluding hydrogens is 190 g/mol. The van der Waals surface area contributed by atoms with E-state index < -0.39 is 0 Å². The number of hydrogen-bond acceptors (Lipinski definition) is 3. The molecule has 0 unspecified atom stereocenters. The molecule has 0 atom stereocenters. The topological polar surface area (TPSA) is 33.5 Å². The summed E-state index contributed by atoms with van der Waals surface area (Å²) in [5.74, 6) is 1.23. The zero-order valence-electron chi connectivity index (χ0n) is 9.53. The van der Waals surface area contributed by atoms with Crippen LogP contribution in [0.5, 0.6) is 0 Å². The molecule has 0 saturated heterocycles. The molecule has 0 radical (unpaired) electrons. The van der Waals surface area contributed by atoms with Crippen LogP contribution < -0.4 is 0 Å². The van der Waals surface area contributed by atoms with Crippen molar-refractivity contribution in [3.8, 4) is 0 Å². The molecule has 0 saturated carbocycles. The van der Waals surface area contributed by atoms with Gasteiger partial charge in [0.15, 0.2) is 0 Å². The number of carbonyl (C=O) groups is 1. The third kappa shape index (κ3) is 4.30. The van der Waals surface area contributed by atoms with Gasteiger partial charge in [0.25, 0.3) is 0 Å². The summed E-state index contributed by atoms with van der Waals surface area (Å²) < 4.78 is 5.25. The zero-order valence-corrected chi connectivity index (χ0v) is 9.53. The fraction of sp³-hybridized carbons (Fsp3) is 0.583. The van der Waals surface area contributed by atoms with Gasteiger partial charge in [-0.1, -0.05) is 13.8 Å². The van der Waals surface area contributed by atoms with Crippen molar-refractivity contribution in [3.63, 3.8) is 0 Å². The summed E-state index contributed by atoms with van der Waals surface area (Å²) in [6.07, 6.45) is 3.27. The molecule has 84 valence electrons. The Morgan fingerprint density at radius 3 is 2.80 bits per heavy atom. The summed E-state index contributed by atoms with van der Waals surface area (Å²) >= 11 is 0. The smallest absolute Gasteiger partial charge is 0.146 e. The quantitative estimate of drug-likeness (QED) is 0.691. The molecule has 0 aromatic carbocycles. The molecule has 1 heterocycles. The van der Waals surface area contributed by atoms with Crippen molar-refractivity contribution < 1.29 is 9.21 Å². The van der Waals surface area contributed by atoms with Crippen LogP contribution in [-0.4, -0.2) is 23.8 Å². The molecule has 0 aliphatic heterocycles. The highest BCUT2D eigenvalue weighted by atomic mass is 16.3. The highest BCUT2D eigenvalue weighted by molar-refractivity contribution is 5.80. The number of hydrogen-bond donors (Lipinski definition) is 0. The lowest BCUT2D eigenvalue weighted by Crippen LogP contribution is -2.29. The maximum atomic E-state index is 11.5. The van der Waals surface area contributed by atoms with Gasteiger partial charge in [-0.05, 0) is 25.1 Å². The third-order valence-electron chi connectivity index (χ3n) is 2.34. The highest BCUT2D eigenvalue weighted by Crippen LogP contribution is 2.05. The Hall–Kier alpha value is -1.09. The van der Waals surface area contributed by atoms with Crippen molar-refractivity contribution in [2.45, 2.75) is 33.2 Å². The summed E-state index contributed by atoms with van der Waals surface area (Å²) in [6.45, 7) is 6.21. The monoisotopic (exact) mass is 209 g/mol. The normalized spacial score (nSPS) is 10.9. The zero-order chi connectivity index (χ0) is 11.1. The Morgan fingerprint density at radius 2 is 2.27 bits per heavy atom. The largest absolute Gasteiger partial charge is 0.468 e. The summed E-state index contributed by atoms with van der Waals surface area (Å²) in [6, 6.07) is 3.81. The first-order valence-corrected chi connectivity index (χ1v) is 5.52. The van der Waals surface area contributed by atoms with Crippen molar-refractivity contribution in [2.75, 3.05) is 13.1 Å². The van der Waals surface area contributed by atoms with E-state index in [0.717, 1.165) is 25.3 Å². The van der Waals surface area contributed by atoms with Gasteiger partial charge < -0.3 is 4.42 Å². The van der Waals surface area contributed by atoms with Crippen molar-refractivity contribution in [1.29, 1.82) is 0 Å². The SMILES string of the molecule is CCCC(=O)CN(CC)Cc1ccco1. The maximum Gasteiger partial charge on any atom is 0.146 e. The van der Waals surface area contributed by atoms with E-state index in [-0.39, 0.29) is 0 Å². The number of nitrogens with zero attached hydrogens (tertiary/aromatic N) is 1. The van der Waals surface area contributed by atoms with Crippen molar-refractivity contribution in [3.05, 3.63) is 24.2 Å². The average molecular weight is 209 g/mol. The van der Waals surface area contributed by atoms with E-state index >= 15 is 0 Å². The van der Waals surface area contributed by atoms with E-state index in [0.29, 0.717) is 18.7 Å². The molecule has 0 fully saturated rings. The second-order valence-electron chi connectivity index (χ2n) is 3.67. The molecule has 1 aromatic heterocycles. The van der Waals surface area contributed by atoms with Crippen molar-refractivity contribution >= 4 is 5.78 Å². The van der Waals surface area contributed by atoms with Gasteiger partial charge in [0.05, 0.1) is 19.4 Å². The van der Waals surface area contributed by atoms with E-state index in [9.17, 15) is 4.79 Å². The molecule has 0 N–H and O–H groups in total. The summed E-state index contributed by atoms with van der Waals surface area (Å²) in [5.41, 5.74) is 0. The van der Waals surface area contributed by atoms with E-state index in [1.807, 2.05) is 19.1 Å². The van der Waals surface area contributed by atoms with Gasteiger partial charge in [0, 0.05) is 6.42 Å². The van der Waals surface area contributed by atoms with Crippen LogP contribution in [0.25, 0.3) is 0 Å². The van der Waals surface area contributed by atoms with E-state index in [1.54, 1.807) is 6.26 Å². The van der Waals surface area contributed by atoms with Crippen molar-refractivity contribution in [1.82, 2.24) is 4.90 Å². The Labute approximate surface area is 91.1 Å². The lowest BCUT2D eigenvalue weighted by Gasteiger charge is -2.17. The van der Waals surface area contributed by atoms with Gasteiger partial charge in [-0.2, -0.15) is 0 Å². The lowest BCUT2D eigenvalue weighted by molar-refractivity contribution is -0.120. The molecule has 0 aliphatic rings. The number of carbonyl (C=O) groups excluding carboxylic acids is 1. The minimum absolute atomic E-state index is 0.311. The highest BCUT2D eigenvalue weighted by Gasteiger charge is 2.09. The fourth-order valence-corrected chi connectivity index (χ4v) is 1.51. The van der Waals surface area contributed by atoms with Crippen LogP contribution in [0.3, 0.4) is 0 Å². The van der Waals surface area contributed by atoms with Crippen LogP contribution in [0.2, 0.25) is 0 Å². The van der Waals surface area contributed by atoms with E-state index in [2.05, 4.69) is 11.8 Å². The number of Topliss-reactive ketones (excluding diaryl/α,β-unsaturated/α-hetero) is 1. The first-order valence-electron chi connectivity index (χ1n) is 5.52. The van der Waals surface area contributed by atoms with Gasteiger partial charge in [0.2, 0.25) is 0 Å². The second kappa shape index (κ2) is 6.40. The Kier molecular flexibility index (Phi) is 5.12. The predicted molar refractivity (Wildman–Crippen MR) is 59.6 cm³/mol. The number of ketones is 1. The second-order valence-corrected chi connectivity index (χ2v) is 3.67. The Morgan fingerprint density at radius 1 is 1.47 bits per heavy atom. The minimum Gasteiger partial charge on any atom is -0.468 e. The molecule has 3 heteroatoms. The van der Waals surface area contributed by atoms with Crippen LogP contribution in [0.1, 0.15) is 32.4 Å². The Balaban J connectivity index is 2.39. The number of furan rings is 1. The summed E-state index contributed by atoms with van der Waals surface area (Å²) in [5, 5.41) is 0. The maximum absolute atomic E-state index is 11.5. The van der Waals surface area contributed by atoms with Gasteiger partial charge in [-0.3, -0.25) is 9.69 Å². The van der Waals surface area contributed by atoms with Gasteiger partial charge in [-0.25, -0.2) is 0 Å². The predicted octanol–water partition coefficient (Wildman–Crippen LogP) is 2.47. The molecule has 0 amide bonds. The molecule has 1 rings (SSSR count). The number of likely N-dealkylation sites (N-methyl/N-ethyl adjacent to an activating group) is 1. The molecule has 0 spiro atoms. The molecular formula is C12H19NO2. The van der Waals surface area contributed by atoms with E-state index in [4.69, 9.17) is 4.42 Å². The van der Waals surface area contributed by atoms with Gasteiger partial charge in [-0.15, -0.1) is 0 Å². The minimum atomic E-state index is 0.311. The average Bonchev–Trinajstić information content (AvgIpc) is 2.70. The van der Waals surface area contributed by atoms with E-state index in [1.165, 1.54) is 0 Å². The van der Waals surface area contributed by atoms with Crippen LogP contribution in [0, 0.1) is 0 Å². The fourth-order valence-electron chi connectivity index (χ4n) is 1.51. The van der Waals surface area contributed by atoms with Crippen LogP contribution >= 0.6 is 0 Å². The molecule has 0 aliphatic carbocycles.